The van der Waals surface area contributed by atoms with Crippen LogP contribution < -0.4 is 5.73 Å². The average molecular weight is 262 g/mol. The van der Waals surface area contributed by atoms with Crippen molar-refractivity contribution >= 4 is 17.6 Å². The second kappa shape index (κ2) is 5.73. The molecular formula is C14H18N2O3. The number of aliphatic carboxylic acids is 1. The minimum Gasteiger partial charge on any atom is -0.481 e. The van der Waals surface area contributed by atoms with Crippen LogP contribution in [0.3, 0.4) is 0 Å². The van der Waals surface area contributed by atoms with Gasteiger partial charge in [0.15, 0.2) is 0 Å². The monoisotopic (exact) mass is 262 g/mol. The van der Waals surface area contributed by atoms with Gasteiger partial charge in [-0.15, -0.1) is 0 Å². The van der Waals surface area contributed by atoms with E-state index in [0.29, 0.717) is 24.3 Å². The van der Waals surface area contributed by atoms with Crippen molar-refractivity contribution in [2.45, 2.75) is 19.3 Å². The van der Waals surface area contributed by atoms with Crippen LogP contribution >= 0.6 is 0 Å². The summed E-state index contributed by atoms with van der Waals surface area (Å²) in [6.07, 6.45) is 1.86. The van der Waals surface area contributed by atoms with Gasteiger partial charge in [-0.25, -0.2) is 0 Å². The van der Waals surface area contributed by atoms with Crippen LogP contribution in [0.1, 0.15) is 29.6 Å². The normalized spacial score (nSPS) is 19.2. The van der Waals surface area contributed by atoms with E-state index in [1.165, 1.54) is 0 Å². The summed E-state index contributed by atoms with van der Waals surface area (Å²) in [6, 6.07) is 6.81. The average Bonchev–Trinajstić information content (AvgIpc) is 2.38. The van der Waals surface area contributed by atoms with Gasteiger partial charge >= 0.3 is 5.97 Å². The van der Waals surface area contributed by atoms with Gasteiger partial charge in [0.2, 0.25) is 0 Å². The SMILES string of the molecule is Nc1ccc(C(=O)N2CCC[C@H](CC(=O)O)C2)cc1. The molecule has 1 fully saturated rings. The van der Waals surface area contributed by atoms with Crippen molar-refractivity contribution in [2.75, 3.05) is 18.8 Å². The minimum atomic E-state index is -0.799. The standard InChI is InChI=1S/C14H18N2O3/c15-12-5-3-11(4-6-12)14(19)16-7-1-2-10(9-16)8-13(17)18/h3-6,10H,1-2,7-9,15H2,(H,17,18)/t10-/m1/s1. The topological polar surface area (TPSA) is 83.6 Å². The van der Waals surface area contributed by atoms with E-state index < -0.39 is 5.97 Å². The summed E-state index contributed by atoms with van der Waals surface area (Å²) < 4.78 is 0. The predicted molar refractivity (Wildman–Crippen MR) is 71.7 cm³/mol. The summed E-state index contributed by atoms with van der Waals surface area (Å²) in [4.78, 5) is 24.8. The van der Waals surface area contributed by atoms with E-state index in [2.05, 4.69) is 0 Å². The highest BCUT2D eigenvalue weighted by molar-refractivity contribution is 5.94. The molecule has 102 valence electrons. The number of amides is 1. The first-order valence-corrected chi connectivity index (χ1v) is 6.43. The van der Waals surface area contributed by atoms with E-state index in [1.54, 1.807) is 29.2 Å². The molecule has 0 aliphatic carbocycles. The van der Waals surface area contributed by atoms with Crippen molar-refractivity contribution in [1.29, 1.82) is 0 Å². The molecule has 1 aliphatic rings. The van der Waals surface area contributed by atoms with E-state index >= 15 is 0 Å². The molecule has 19 heavy (non-hydrogen) atoms. The fourth-order valence-corrected chi connectivity index (χ4v) is 2.47. The first-order chi connectivity index (χ1) is 9.06. The van der Waals surface area contributed by atoms with Crippen LogP contribution in [0.4, 0.5) is 5.69 Å². The lowest BCUT2D eigenvalue weighted by molar-refractivity contribution is -0.138. The van der Waals surface area contributed by atoms with E-state index in [4.69, 9.17) is 10.8 Å². The number of benzene rings is 1. The van der Waals surface area contributed by atoms with Crippen LogP contribution in [0.25, 0.3) is 0 Å². The van der Waals surface area contributed by atoms with Crippen molar-refractivity contribution in [3.05, 3.63) is 29.8 Å². The van der Waals surface area contributed by atoms with Gasteiger partial charge in [-0.05, 0) is 43.0 Å². The highest BCUT2D eigenvalue weighted by Crippen LogP contribution is 2.21. The van der Waals surface area contributed by atoms with Gasteiger partial charge in [-0.3, -0.25) is 9.59 Å². The van der Waals surface area contributed by atoms with Gasteiger partial charge in [0.1, 0.15) is 0 Å². The Morgan fingerprint density at radius 1 is 1.32 bits per heavy atom. The molecule has 2 rings (SSSR count). The molecule has 0 aromatic heterocycles. The first kappa shape index (κ1) is 13.4. The highest BCUT2D eigenvalue weighted by Gasteiger charge is 2.25. The fraction of sp³-hybridized carbons (Fsp3) is 0.429. The molecular weight excluding hydrogens is 244 g/mol. The number of rotatable bonds is 3. The third kappa shape index (κ3) is 3.47. The zero-order chi connectivity index (χ0) is 13.8. The molecule has 0 bridgehead atoms. The summed E-state index contributed by atoms with van der Waals surface area (Å²) >= 11 is 0. The molecule has 0 spiro atoms. The lowest BCUT2D eigenvalue weighted by Crippen LogP contribution is -2.40. The third-order valence-electron chi connectivity index (χ3n) is 3.43. The lowest BCUT2D eigenvalue weighted by atomic mass is 9.94. The molecule has 1 aromatic rings. The van der Waals surface area contributed by atoms with Gasteiger partial charge < -0.3 is 15.7 Å². The summed E-state index contributed by atoms with van der Waals surface area (Å²) in [5.41, 5.74) is 6.82. The number of nitrogens with zero attached hydrogens (tertiary/aromatic N) is 1. The number of carboxylic acids is 1. The lowest BCUT2D eigenvalue weighted by Gasteiger charge is -2.32. The van der Waals surface area contributed by atoms with Crippen molar-refractivity contribution < 1.29 is 14.7 Å². The Balaban J connectivity index is 2.02. The molecule has 5 nitrogen and oxygen atoms in total. The van der Waals surface area contributed by atoms with Crippen molar-refractivity contribution in [3.63, 3.8) is 0 Å². The number of hydrogen-bond donors (Lipinski definition) is 2. The Labute approximate surface area is 112 Å². The zero-order valence-corrected chi connectivity index (χ0v) is 10.7. The molecule has 3 N–H and O–H groups in total. The highest BCUT2D eigenvalue weighted by atomic mass is 16.4. The number of anilines is 1. The molecule has 0 unspecified atom stereocenters. The number of piperidine rings is 1. The quantitative estimate of drug-likeness (QED) is 0.810. The Morgan fingerprint density at radius 3 is 2.63 bits per heavy atom. The van der Waals surface area contributed by atoms with Crippen LogP contribution in [0.15, 0.2) is 24.3 Å². The smallest absolute Gasteiger partial charge is 0.303 e. The van der Waals surface area contributed by atoms with Crippen LogP contribution in [-0.4, -0.2) is 35.0 Å². The second-order valence-corrected chi connectivity index (χ2v) is 4.98. The van der Waals surface area contributed by atoms with Gasteiger partial charge in [0.05, 0.1) is 0 Å². The summed E-state index contributed by atoms with van der Waals surface area (Å²) in [6.45, 7) is 1.22. The number of likely N-dealkylation sites (tertiary alicyclic amines) is 1. The predicted octanol–water partition coefficient (Wildman–Crippen LogP) is 1.60. The number of carbonyl (C=O) groups excluding carboxylic acids is 1. The molecule has 1 saturated heterocycles. The van der Waals surface area contributed by atoms with Crippen LogP contribution in [-0.2, 0) is 4.79 Å². The Bertz CT molecular complexity index is 470. The van der Waals surface area contributed by atoms with E-state index in [1.807, 2.05) is 0 Å². The summed E-state index contributed by atoms with van der Waals surface area (Å²) in [7, 11) is 0. The zero-order valence-electron chi connectivity index (χ0n) is 10.7. The molecule has 0 radical (unpaired) electrons. The van der Waals surface area contributed by atoms with Crippen LogP contribution in [0, 0.1) is 5.92 Å². The van der Waals surface area contributed by atoms with Crippen LogP contribution in [0.2, 0.25) is 0 Å². The molecule has 5 heteroatoms. The van der Waals surface area contributed by atoms with Crippen LogP contribution in [0.5, 0.6) is 0 Å². The molecule has 1 heterocycles. The third-order valence-corrected chi connectivity index (χ3v) is 3.43. The Kier molecular flexibility index (Phi) is 4.04. The Hall–Kier alpha value is -2.04. The molecule has 1 aliphatic heterocycles. The molecule has 1 aromatic carbocycles. The van der Waals surface area contributed by atoms with E-state index in [0.717, 1.165) is 12.8 Å². The minimum absolute atomic E-state index is 0.0462. The van der Waals surface area contributed by atoms with Crippen molar-refractivity contribution in [1.82, 2.24) is 4.90 Å². The summed E-state index contributed by atoms with van der Waals surface area (Å²) in [5, 5.41) is 8.82. The largest absolute Gasteiger partial charge is 0.481 e. The number of nitrogen functional groups attached to an aromatic ring is 1. The maximum Gasteiger partial charge on any atom is 0.303 e. The summed E-state index contributed by atoms with van der Waals surface area (Å²) in [5.74, 6) is -0.786. The van der Waals surface area contributed by atoms with Crippen molar-refractivity contribution in [2.24, 2.45) is 5.92 Å². The number of carboxylic acid groups (broad SMARTS) is 1. The van der Waals surface area contributed by atoms with E-state index in [-0.39, 0.29) is 18.2 Å². The molecule has 1 atom stereocenters. The first-order valence-electron chi connectivity index (χ1n) is 6.43. The fourth-order valence-electron chi connectivity index (χ4n) is 2.47. The van der Waals surface area contributed by atoms with E-state index in [9.17, 15) is 9.59 Å². The number of nitrogens with two attached hydrogens (primary N) is 1. The Morgan fingerprint density at radius 2 is 2.00 bits per heavy atom. The number of hydrogen-bond acceptors (Lipinski definition) is 3. The maximum atomic E-state index is 12.3. The molecule has 0 saturated carbocycles. The molecule has 1 amide bonds. The van der Waals surface area contributed by atoms with Gasteiger partial charge in [0.25, 0.3) is 5.91 Å². The van der Waals surface area contributed by atoms with Gasteiger partial charge in [-0.1, -0.05) is 0 Å². The number of carbonyl (C=O) groups is 2. The van der Waals surface area contributed by atoms with Gasteiger partial charge in [-0.2, -0.15) is 0 Å². The second-order valence-electron chi connectivity index (χ2n) is 4.98. The maximum absolute atomic E-state index is 12.3. The van der Waals surface area contributed by atoms with Gasteiger partial charge in [0, 0.05) is 30.8 Å². The van der Waals surface area contributed by atoms with Crippen molar-refractivity contribution in [3.8, 4) is 0 Å².